The van der Waals surface area contributed by atoms with E-state index < -0.39 is 6.09 Å². The van der Waals surface area contributed by atoms with Crippen molar-refractivity contribution in [1.29, 1.82) is 0 Å². The molecule has 3 nitrogen and oxygen atoms in total. The number of nitrogens with two attached hydrogens (primary N) is 1. The smallest absolute Gasteiger partial charge is 0.405 e. The first-order chi connectivity index (χ1) is 7.02. The molecular formula is C12H17NO2. The van der Waals surface area contributed by atoms with Crippen LogP contribution in [-0.4, -0.2) is 11.7 Å². The molecule has 2 fully saturated rings. The number of rotatable bonds is 1. The Kier molecular flexibility index (Phi) is 2.38. The van der Waals surface area contributed by atoms with E-state index in [0.29, 0.717) is 17.8 Å². The minimum Gasteiger partial charge on any atom is -0.443 e. The van der Waals surface area contributed by atoms with E-state index in [2.05, 4.69) is 5.92 Å². The molecule has 0 aromatic carbocycles. The van der Waals surface area contributed by atoms with E-state index in [-0.39, 0.29) is 5.60 Å². The minimum atomic E-state index is -0.661. The molecule has 0 spiro atoms. The highest BCUT2D eigenvalue weighted by atomic mass is 16.6. The molecule has 2 saturated carbocycles. The molecule has 1 amide bonds. The van der Waals surface area contributed by atoms with Gasteiger partial charge in [-0.25, -0.2) is 4.79 Å². The van der Waals surface area contributed by atoms with Gasteiger partial charge in [0.1, 0.15) is 5.60 Å². The zero-order valence-corrected chi connectivity index (χ0v) is 9.03. The highest BCUT2D eigenvalue weighted by Crippen LogP contribution is 2.51. The number of ether oxygens (including phenoxy) is 1. The molecule has 3 heteroatoms. The lowest BCUT2D eigenvalue weighted by atomic mass is 9.96. The minimum absolute atomic E-state index is 0.346. The normalized spacial score (nSPS) is 43.3. The third-order valence-electron chi connectivity index (χ3n) is 3.81. The molecule has 0 aromatic heterocycles. The predicted octanol–water partition coefficient (Wildman–Crippen LogP) is 1.91. The van der Waals surface area contributed by atoms with Crippen LogP contribution in [-0.2, 0) is 4.74 Å². The molecule has 2 unspecified atom stereocenters. The molecule has 2 N–H and O–H groups in total. The van der Waals surface area contributed by atoms with Crippen LogP contribution in [0.1, 0.15) is 32.6 Å². The highest BCUT2D eigenvalue weighted by Gasteiger charge is 2.48. The zero-order chi connectivity index (χ0) is 11.1. The predicted molar refractivity (Wildman–Crippen MR) is 56.8 cm³/mol. The molecule has 2 aliphatic rings. The standard InChI is InChI=1S/C12H17NO2/c1-3-8-4-9-6-12(2,15-11(13)14)7-10(9)5-8/h1,8-10H,4-7H2,2H3,(H2,13,14)/t8?,9-,10+,12?. The van der Waals surface area contributed by atoms with Gasteiger partial charge in [-0.15, -0.1) is 12.3 Å². The van der Waals surface area contributed by atoms with Crippen LogP contribution in [0.3, 0.4) is 0 Å². The Hall–Kier alpha value is -1.17. The van der Waals surface area contributed by atoms with Gasteiger partial charge in [0.25, 0.3) is 0 Å². The Morgan fingerprint density at radius 1 is 1.47 bits per heavy atom. The van der Waals surface area contributed by atoms with E-state index in [4.69, 9.17) is 16.9 Å². The van der Waals surface area contributed by atoms with Gasteiger partial charge < -0.3 is 10.5 Å². The molecule has 4 atom stereocenters. The summed E-state index contributed by atoms with van der Waals surface area (Å²) in [5.74, 6) is 4.50. The lowest BCUT2D eigenvalue weighted by Crippen LogP contribution is -2.32. The quantitative estimate of drug-likeness (QED) is 0.668. The molecule has 0 radical (unpaired) electrons. The number of hydrogen-bond donors (Lipinski definition) is 1. The molecule has 0 aliphatic heterocycles. The third-order valence-corrected chi connectivity index (χ3v) is 3.81. The van der Waals surface area contributed by atoms with Crippen LogP contribution in [0.25, 0.3) is 0 Å². The monoisotopic (exact) mass is 207 g/mol. The first-order valence-electron chi connectivity index (χ1n) is 5.47. The SMILES string of the molecule is C#CC1C[C@@H]2CC(C)(OC(N)=O)C[C@@H]2C1. The number of terminal acetylenes is 1. The second-order valence-corrected chi connectivity index (χ2v) is 5.13. The Balaban J connectivity index is 1.99. The highest BCUT2D eigenvalue weighted by molar-refractivity contribution is 5.65. The largest absolute Gasteiger partial charge is 0.443 e. The van der Waals surface area contributed by atoms with Crippen LogP contribution < -0.4 is 5.73 Å². The molecular weight excluding hydrogens is 190 g/mol. The molecule has 2 rings (SSSR count). The Morgan fingerprint density at radius 2 is 2.00 bits per heavy atom. The van der Waals surface area contributed by atoms with Crippen molar-refractivity contribution in [3.63, 3.8) is 0 Å². The first-order valence-corrected chi connectivity index (χ1v) is 5.47. The fraction of sp³-hybridized carbons (Fsp3) is 0.750. The number of carbonyl (C=O) groups is 1. The van der Waals surface area contributed by atoms with E-state index in [1.807, 2.05) is 6.92 Å². The van der Waals surface area contributed by atoms with E-state index in [1.54, 1.807) is 0 Å². The maximum atomic E-state index is 10.8. The lowest BCUT2D eigenvalue weighted by Gasteiger charge is -2.24. The van der Waals surface area contributed by atoms with Gasteiger partial charge in [0.05, 0.1) is 0 Å². The second kappa shape index (κ2) is 3.44. The Morgan fingerprint density at radius 3 is 2.40 bits per heavy atom. The topological polar surface area (TPSA) is 52.3 Å². The summed E-state index contributed by atoms with van der Waals surface area (Å²) in [7, 11) is 0. The lowest BCUT2D eigenvalue weighted by molar-refractivity contribution is 0.0296. The van der Waals surface area contributed by atoms with Crippen molar-refractivity contribution in [2.24, 2.45) is 23.5 Å². The molecule has 0 bridgehead atoms. The molecule has 82 valence electrons. The molecule has 0 aromatic rings. The molecule has 2 aliphatic carbocycles. The van der Waals surface area contributed by atoms with Crippen molar-refractivity contribution in [3.05, 3.63) is 0 Å². The number of hydrogen-bond acceptors (Lipinski definition) is 2. The van der Waals surface area contributed by atoms with Crippen molar-refractivity contribution in [3.8, 4) is 12.3 Å². The van der Waals surface area contributed by atoms with Crippen LogP contribution in [0.5, 0.6) is 0 Å². The maximum absolute atomic E-state index is 10.8. The van der Waals surface area contributed by atoms with Crippen LogP contribution >= 0.6 is 0 Å². The van der Waals surface area contributed by atoms with Gasteiger partial charge in [-0.2, -0.15) is 0 Å². The number of fused-ring (bicyclic) bond motifs is 1. The number of amides is 1. The first kappa shape index (κ1) is 10.4. The van der Waals surface area contributed by atoms with Gasteiger partial charge >= 0.3 is 6.09 Å². The Bertz CT molecular complexity index is 304. The summed E-state index contributed by atoms with van der Waals surface area (Å²) in [6.45, 7) is 1.97. The number of carbonyl (C=O) groups excluding carboxylic acids is 1. The van der Waals surface area contributed by atoms with Crippen LogP contribution in [0.4, 0.5) is 4.79 Å². The number of primary amides is 1. The van der Waals surface area contributed by atoms with Gasteiger partial charge in [-0.05, 0) is 44.4 Å². The van der Waals surface area contributed by atoms with Crippen molar-refractivity contribution >= 4 is 6.09 Å². The van der Waals surface area contributed by atoms with Gasteiger partial charge in [-0.1, -0.05) is 0 Å². The maximum Gasteiger partial charge on any atom is 0.405 e. The summed E-state index contributed by atoms with van der Waals surface area (Å²) in [5.41, 5.74) is 4.72. The Labute approximate surface area is 90.4 Å². The summed E-state index contributed by atoms with van der Waals surface area (Å²) < 4.78 is 5.19. The average molecular weight is 207 g/mol. The summed E-state index contributed by atoms with van der Waals surface area (Å²) in [4.78, 5) is 10.8. The molecule has 0 saturated heterocycles. The molecule has 15 heavy (non-hydrogen) atoms. The van der Waals surface area contributed by atoms with Crippen molar-refractivity contribution in [2.75, 3.05) is 0 Å². The summed E-state index contributed by atoms with van der Waals surface area (Å²) in [6.07, 6.45) is 8.76. The zero-order valence-electron chi connectivity index (χ0n) is 9.03. The van der Waals surface area contributed by atoms with Crippen LogP contribution in [0.15, 0.2) is 0 Å². The fourth-order valence-corrected chi connectivity index (χ4v) is 3.37. The summed E-state index contributed by atoms with van der Waals surface area (Å²) in [6, 6.07) is 0. The van der Waals surface area contributed by atoms with E-state index in [9.17, 15) is 4.79 Å². The third kappa shape index (κ3) is 1.94. The van der Waals surface area contributed by atoms with Gasteiger partial charge in [0.2, 0.25) is 0 Å². The second-order valence-electron chi connectivity index (χ2n) is 5.13. The van der Waals surface area contributed by atoms with E-state index in [1.165, 1.54) is 0 Å². The van der Waals surface area contributed by atoms with Crippen molar-refractivity contribution < 1.29 is 9.53 Å². The van der Waals surface area contributed by atoms with E-state index >= 15 is 0 Å². The van der Waals surface area contributed by atoms with E-state index in [0.717, 1.165) is 25.7 Å². The van der Waals surface area contributed by atoms with Gasteiger partial charge in [0, 0.05) is 5.92 Å². The van der Waals surface area contributed by atoms with Crippen molar-refractivity contribution in [1.82, 2.24) is 0 Å². The van der Waals surface area contributed by atoms with Gasteiger partial charge in [-0.3, -0.25) is 0 Å². The van der Waals surface area contributed by atoms with Gasteiger partial charge in [0.15, 0.2) is 0 Å². The molecule has 0 heterocycles. The van der Waals surface area contributed by atoms with Crippen LogP contribution in [0.2, 0.25) is 0 Å². The summed E-state index contributed by atoms with van der Waals surface area (Å²) >= 11 is 0. The summed E-state index contributed by atoms with van der Waals surface area (Å²) in [5, 5.41) is 0. The average Bonchev–Trinajstić information content (AvgIpc) is 2.56. The van der Waals surface area contributed by atoms with Crippen LogP contribution in [0, 0.1) is 30.1 Å². The van der Waals surface area contributed by atoms with Crippen molar-refractivity contribution in [2.45, 2.75) is 38.2 Å². The fourth-order valence-electron chi connectivity index (χ4n) is 3.37.